The van der Waals surface area contributed by atoms with Crippen LogP contribution in [0.5, 0.6) is 0 Å². The van der Waals surface area contributed by atoms with Crippen LogP contribution in [0.3, 0.4) is 0 Å². The van der Waals surface area contributed by atoms with Gasteiger partial charge in [0.1, 0.15) is 12.1 Å². The van der Waals surface area contributed by atoms with Crippen molar-refractivity contribution in [2.24, 2.45) is 0 Å². The van der Waals surface area contributed by atoms with E-state index in [0.29, 0.717) is 0 Å². The number of carbonyl (C=O) groups excluding carboxylic acids is 3. The standard InChI is InChI=1S/C24H27N3O8/c1-3-35-21(29)14-19(17-9-11-18(12-10-17)27(33)34)22(24(31)32)26-23(30)20(25-15(2)28)13-16-7-5-4-6-8-16/h4-12,19-20,22H,3,13-14H2,1-2H3,(H,25,28)(H,26,30)(H,31,32)/t19-,20+,22+/m0/s1. The van der Waals surface area contributed by atoms with Crippen LogP contribution in [0, 0.1) is 10.1 Å². The first kappa shape index (κ1) is 27.0. The smallest absolute Gasteiger partial charge is 0.326 e. The van der Waals surface area contributed by atoms with Gasteiger partial charge in [0, 0.05) is 31.4 Å². The van der Waals surface area contributed by atoms with E-state index in [1.807, 2.05) is 0 Å². The Hall–Kier alpha value is -4.28. The summed E-state index contributed by atoms with van der Waals surface area (Å²) in [5, 5.41) is 25.9. The van der Waals surface area contributed by atoms with Gasteiger partial charge in [0.25, 0.3) is 5.69 Å². The first-order valence-corrected chi connectivity index (χ1v) is 10.9. The minimum Gasteiger partial charge on any atom is -0.480 e. The zero-order valence-corrected chi connectivity index (χ0v) is 19.3. The number of nitrogens with one attached hydrogen (secondary N) is 2. The van der Waals surface area contributed by atoms with E-state index in [1.54, 1.807) is 37.3 Å². The van der Waals surface area contributed by atoms with E-state index in [9.17, 15) is 34.4 Å². The Morgan fingerprint density at radius 2 is 1.66 bits per heavy atom. The van der Waals surface area contributed by atoms with Crippen molar-refractivity contribution in [3.05, 3.63) is 75.8 Å². The number of carbonyl (C=O) groups is 4. The van der Waals surface area contributed by atoms with Gasteiger partial charge in [-0.1, -0.05) is 42.5 Å². The number of ether oxygens (including phenoxy) is 1. The molecule has 0 aromatic heterocycles. The van der Waals surface area contributed by atoms with Gasteiger partial charge in [0.15, 0.2) is 0 Å². The Labute approximate surface area is 201 Å². The fourth-order valence-corrected chi connectivity index (χ4v) is 3.56. The van der Waals surface area contributed by atoms with Crippen molar-refractivity contribution in [3.63, 3.8) is 0 Å². The molecule has 0 saturated heterocycles. The molecule has 0 aliphatic rings. The second-order valence-corrected chi connectivity index (χ2v) is 7.73. The lowest BCUT2D eigenvalue weighted by atomic mass is 9.88. The van der Waals surface area contributed by atoms with E-state index >= 15 is 0 Å². The summed E-state index contributed by atoms with van der Waals surface area (Å²) < 4.78 is 4.96. The Kier molecular flexibility index (Phi) is 9.88. The van der Waals surface area contributed by atoms with Crippen molar-refractivity contribution in [2.75, 3.05) is 6.61 Å². The number of nitro benzene ring substituents is 1. The number of nitro groups is 1. The van der Waals surface area contributed by atoms with Crippen LogP contribution in [0.4, 0.5) is 5.69 Å². The molecule has 2 rings (SSSR count). The molecule has 35 heavy (non-hydrogen) atoms. The molecule has 0 heterocycles. The van der Waals surface area contributed by atoms with Gasteiger partial charge in [-0.25, -0.2) is 4.79 Å². The lowest BCUT2D eigenvalue weighted by Gasteiger charge is -2.27. The second kappa shape index (κ2) is 12.8. The van der Waals surface area contributed by atoms with Gasteiger partial charge in [-0.3, -0.25) is 24.5 Å². The van der Waals surface area contributed by atoms with E-state index in [2.05, 4.69) is 10.6 Å². The number of aliphatic carboxylic acids is 1. The molecule has 3 atom stereocenters. The molecule has 0 spiro atoms. The first-order valence-electron chi connectivity index (χ1n) is 10.9. The zero-order valence-electron chi connectivity index (χ0n) is 19.3. The largest absolute Gasteiger partial charge is 0.480 e. The predicted octanol–water partition coefficient (Wildman–Crippen LogP) is 1.95. The summed E-state index contributed by atoms with van der Waals surface area (Å²) in [5.41, 5.74) is 0.815. The summed E-state index contributed by atoms with van der Waals surface area (Å²) in [7, 11) is 0. The number of esters is 1. The van der Waals surface area contributed by atoms with Crippen molar-refractivity contribution in [2.45, 2.75) is 44.7 Å². The minimum atomic E-state index is -1.58. The van der Waals surface area contributed by atoms with Crippen LogP contribution in [0.25, 0.3) is 0 Å². The fraction of sp³-hybridized carbons (Fsp3) is 0.333. The highest BCUT2D eigenvalue weighted by Crippen LogP contribution is 2.27. The molecule has 0 aliphatic heterocycles. The molecule has 0 fully saturated rings. The normalized spacial score (nSPS) is 13.1. The molecule has 2 amide bonds. The van der Waals surface area contributed by atoms with Gasteiger partial charge < -0.3 is 20.5 Å². The van der Waals surface area contributed by atoms with Gasteiger partial charge in [0.05, 0.1) is 18.0 Å². The Bertz CT molecular complexity index is 1060. The van der Waals surface area contributed by atoms with Gasteiger partial charge in [-0.15, -0.1) is 0 Å². The van der Waals surface area contributed by atoms with Gasteiger partial charge in [0.2, 0.25) is 11.8 Å². The van der Waals surface area contributed by atoms with E-state index < -0.39 is 53.1 Å². The molecule has 11 heteroatoms. The summed E-state index contributed by atoms with van der Waals surface area (Å²) in [6.07, 6.45) is -0.287. The van der Waals surface area contributed by atoms with Crippen molar-refractivity contribution >= 4 is 29.4 Å². The zero-order chi connectivity index (χ0) is 26.0. The SMILES string of the molecule is CCOC(=O)C[C@@H](c1ccc([N+](=O)[O-])cc1)[C@@H](NC(=O)[C@@H](Cc1ccccc1)NC(C)=O)C(=O)O. The molecular formula is C24H27N3O8. The van der Waals surface area contributed by atoms with Crippen molar-refractivity contribution in [1.29, 1.82) is 0 Å². The Morgan fingerprint density at radius 3 is 2.17 bits per heavy atom. The number of benzene rings is 2. The third-order valence-corrected chi connectivity index (χ3v) is 5.17. The molecule has 0 saturated carbocycles. The summed E-state index contributed by atoms with van der Waals surface area (Å²) in [5.74, 6) is -4.45. The molecule has 2 aromatic carbocycles. The fourth-order valence-electron chi connectivity index (χ4n) is 3.56. The van der Waals surface area contributed by atoms with Crippen LogP contribution in [0.2, 0.25) is 0 Å². The quantitative estimate of drug-likeness (QED) is 0.233. The second-order valence-electron chi connectivity index (χ2n) is 7.73. The number of hydrogen-bond acceptors (Lipinski definition) is 7. The first-order chi connectivity index (χ1) is 16.6. The Morgan fingerprint density at radius 1 is 1.03 bits per heavy atom. The van der Waals surface area contributed by atoms with Crippen molar-refractivity contribution in [3.8, 4) is 0 Å². The molecule has 11 nitrogen and oxygen atoms in total. The lowest BCUT2D eigenvalue weighted by molar-refractivity contribution is -0.384. The van der Waals surface area contributed by atoms with Crippen molar-refractivity contribution in [1.82, 2.24) is 10.6 Å². The number of rotatable bonds is 12. The summed E-state index contributed by atoms with van der Waals surface area (Å²) in [6, 6.07) is 11.2. The Balaban J connectivity index is 2.36. The minimum absolute atomic E-state index is 0.0671. The summed E-state index contributed by atoms with van der Waals surface area (Å²) >= 11 is 0. The third-order valence-electron chi connectivity index (χ3n) is 5.17. The molecule has 186 valence electrons. The maximum atomic E-state index is 13.1. The van der Waals surface area contributed by atoms with Gasteiger partial charge in [-0.2, -0.15) is 0 Å². The van der Waals surface area contributed by atoms with E-state index in [0.717, 1.165) is 5.56 Å². The number of amides is 2. The number of hydrogen-bond donors (Lipinski definition) is 3. The molecule has 2 aromatic rings. The summed E-state index contributed by atoms with van der Waals surface area (Å²) in [6.45, 7) is 2.90. The predicted molar refractivity (Wildman–Crippen MR) is 124 cm³/mol. The topological polar surface area (TPSA) is 165 Å². The molecule has 0 aliphatic carbocycles. The molecular weight excluding hydrogens is 458 g/mol. The highest BCUT2D eigenvalue weighted by Gasteiger charge is 2.35. The molecule has 0 bridgehead atoms. The number of non-ortho nitro benzene ring substituents is 1. The van der Waals surface area contributed by atoms with E-state index in [4.69, 9.17) is 4.74 Å². The maximum absolute atomic E-state index is 13.1. The lowest BCUT2D eigenvalue weighted by Crippen LogP contribution is -2.54. The number of carboxylic acids is 1. The molecule has 3 N–H and O–H groups in total. The van der Waals surface area contributed by atoms with E-state index in [-0.39, 0.29) is 24.3 Å². The summed E-state index contributed by atoms with van der Waals surface area (Å²) in [4.78, 5) is 59.6. The van der Waals surface area contributed by atoms with Crippen LogP contribution in [0.15, 0.2) is 54.6 Å². The average Bonchev–Trinajstić information content (AvgIpc) is 2.81. The van der Waals surface area contributed by atoms with Gasteiger partial charge >= 0.3 is 11.9 Å². The van der Waals surface area contributed by atoms with Crippen LogP contribution >= 0.6 is 0 Å². The van der Waals surface area contributed by atoms with Crippen LogP contribution in [-0.4, -0.2) is 52.5 Å². The monoisotopic (exact) mass is 485 g/mol. The highest BCUT2D eigenvalue weighted by molar-refractivity contribution is 5.91. The average molecular weight is 485 g/mol. The third kappa shape index (κ3) is 8.22. The molecule has 0 radical (unpaired) electrons. The number of carboxylic acid groups (broad SMARTS) is 1. The number of nitrogens with zero attached hydrogens (tertiary/aromatic N) is 1. The van der Waals surface area contributed by atoms with E-state index in [1.165, 1.54) is 31.2 Å². The van der Waals surface area contributed by atoms with Crippen LogP contribution < -0.4 is 10.6 Å². The van der Waals surface area contributed by atoms with Crippen LogP contribution in [0.1, 0.15) is 37.3 Å². The molecule has 0 unspecified atom stereocenters. The van der Waals surface area contributed by atoms with Crippen LogP contribution in [-0.2, 0) is 30.3 Å². The highest BCUT2D eigenvalue weighted by atomic mass is 16.6. The van der Waals surface area contributed by atoms with Crippen molar-refractivity contribution < 1.29 is 33.9 Å². The maximum Gasteiger partial charge on any atom is 0.326 e. The van der Waals surface area contributed by atoms with Gasteiger partial charge in [-0.05, 0) is 18.1 Å².